The number of aromatic nitrogens is 1. The van der Waals surface area contributed by atoms with Crippen LogP contribution in [0.4, 0.5) is 0 Å². The van der Waals surface area contributed by atoms with Gasteiger partial charge in [0.05, 0.1) is 16.6 Å². The van der Waals surface area contributed by atoms with Crippen LogP contribution in [-0.2, 0) is 13.0 Å². The van der Waals surface area contributed by atoms with Crippen LogP contribution in [0.15, 0.2) is 127 Å². The minimum Gasteiger partial charge on any atom is -0.489 e. The number of hydrogen-bond donors (Lipinski definition) is 0. The monoisotopic (exact) mass is 523 g/mol. The van der Waals surface area contributed by atoms with E-state index in [4.69, 9.17) is 14.5 Å². The van der Waals surface area contributed by atoms with Crippen LogP contribution in [0.5, 0.6) is 11.5 Å². The fraction of sp³-hybridized carbons (Fsp3) is 0.0571. The number of benzene rings is 5. The van der Waals surface area contributed by atoms with Gasteiger partial charge >= 0.3 is 5.97 Å². The van der Waals surface area contributed by atoms with Gasteiger partial charge in [-0.15, -0.1) is 0 Å². The van der Waals surface area contributed by atoms with Gasteiger partial charge in [-0.05, 0) is 47.5 Å². The maximum absolute atomic E-state index is 13.3. The Hall–Kier alpha value is -5.29. The summed E-state index contributed by atoms with van der Waals surface area (Å²) in [6.07, 6.45) is 0.237. The van der Waals surface area contributed by atoms with Crippen LogP contribution < -0.4 is 9.47 Å². The van der Waals surface area contributed by atoms with Crippen molar-refractivity contribution < 1.29 is 19.1 Å². The SMILES string of the molecule is O=C(Cc1ccc(OCc2ccccc2)cc1)c1ccc2c(C(=O)Oc3ccccc3)c3ccccc3nc2c1. The summed E-state index contributed by atoms with van der Waals surface area (Å²) in [5, 5.41) is 1.33. The van der Waals surface area contributed by atoms with E-state index in [-0.39, 0.29) is 12.2 Å². The number of ether oxygens (including phenoxy) is 2. The molecule has 0 amide bonds. The van der Waals surface area contributed by atoms with E-state index in [2.05, 4.69) is 0 Å². The first-order valence-corrected chi connectivity index (χ1v) is 13.0. The second-order valence-corrected chi connectivity index (χ2v) is 9.46. The van der Waals surface area contributed by atoms with Crippen molar-refractivity contribution in [3.05, 3.63) is 150 Å². The molecule has 1 aromatic heterocycles. The van der Waals surface area contributed by atoms with Crippen molar-refractivity contribution in [3.8, 4) is 11.5 Å². The molecule has 0 saturated carbocycles. The number of hydrogen-bond acceptors (Lipinski definition) is 5. The molecule has 0 N–H and O–H groups in total. The van der Waals surface area contributed by atoms with Crippen molar-refractivity contribution in [2.75, 3.05) is 0 Å². The van der Waals surface area contributed by atoms with Gasteiger partial charge in [0.2, 0.25) is 0 Å². The van der Waals surface area contributed by atoms with E-state index < -0.39 is 5.97 Å². The largest absolute Gasteiger partial charge is 0.489 e. The van der Waals surface area contributed by atoms with Crippen molar-refractivity contribution in [2.24, 2.45) is 0 Å². The van der Waals surface area contributed by atoms with E-state index in [0.717, 1.165) is 16.9 Å². The number of para-hydroxylation sites is 2. The van der Waals surface area contributed by atoms with E-state index in [1.807, 2.05) is 97.1 Å². The summed E-state index contributed by atoms with van der Waals surface area (Å²) in [4.78, 5) is 31.3. The van der Waals surface area contributed by atoms with Gasteiger partial charge < -0.3 is 9.47 Å². The lowest BCUT2D eigenvalue weighted by molar-refractivity contribution is 0.0738. The molecule has 5 nitrogen and oxygen atoms in total. The number of nitrogens with zero attached hydrogens (tertiary/aromatic N) is 1. The highest BCUT2D eigenvalue weighted by Gasteiger charge is 2.19. The predicted octanol–water partition coefficient (Wildman–Crippen LogP) is 7.61. The first-order valence-electron chi connectivity index (χ1n) is 13.0. The third-order valence-corrected chi connectivity index (χ3v) is 6.70. The Kier molecular flexibility index (Phi) is 7.01. The van der Waals surface area contributed by atoms with Gasteiger partial charge in [0, 0.05) is 22.8 Å². The normalized spacial score (nSPS) is 10.9. The highest BCUT2D eigenvalue weighted by atomic mass is 16.5. The van der Waals surface area contributed by atoms with Crippen LogP contribution >= 0.6 is 0 Å². The average Bonchev–Trinajstić information content (AvgIpc) is 3.00. The molecule has 5 aromatic carbocycles. The average molecular weight is 524 g/mol. The maximum Gasteiger partial charge on any atom is 0.344 e. The van der Waals surface area contributed by atoms with Crippen molar-refractivity contribution in [1.29, 1.82) is 0 Å². The number of ketones is 1. The quantitative estimate of drug-likeness (QED) is 0.0889. The second-order valence-electron chi connectivity index (χ2n) is 9.46. The van der Waals surface area contributed by atoms with Gasteiger partial charge in [0.1, 0.15) is 18.1 Å². The number of rotatable bonds is 8. The van der Waals surface area contributed by atoms with Crippen molar-refractivity contribution >= 4 is 33.6 Å². The minimum absolute atomic E-state index is 0.0387. The Morgan fingerprint density at radius 3 is 2.05 bits per heavy atom. The summed E-state index contributed by atoms with van der Waals surface area (Å²) in [6, 6.07) is 39.2. The zero-order chi connectivity index (χ0) is 27.3. The van der Waals surface area contributed by atoms with Crippen molar-refractivity contribution in [2.45, 2.75) is 13.0 Å². The molecule has 6 rings (SSSR count). The maximum atomic E-state index is 13.3. The fourth-order valence-corrected chi connectivity index (χ4v) is 4.66. The van der Waals surface area contributed by atoms with Crippen LogP contribution in [0.3, 0.4) is 0 Å². The molecule has 0 aliphatic carbocycles. The summed E-state index contributed by atoms with van der Waals surface area (Å²) in [5.74, 6) is 0.702. The van der Waals surface area contributed by atoms with E-state index in [1.165, 1.54) is 0 Å². The first-order chi connectivity index (χ1) is 19.6. The lowest BCUT2D eigenvalue weighted by Gasteiger charge is -2.12. The predicted molar refractivity (Wildman–Crippen MR) is 156 cm³/mol. The Balaban J connectivity index is 1.24. The Labute approximate surface area is 231 Å². The van der Waals surface area contributed by atoms with Crippen LogP contribution in [0, 0.1) is 0 Å². The third kappa shape index (κ3) is 5.45. The topological polar surface area (TPSA) is 65.5 Å². The lowest BCUT2D eigenvalue weighted by Crippen LogP contribution is -2.11. The van der Waals surface area contributed by atoms with Crippen LogP contribution in [-0.4, -0.2) is 16.7 Å². The molecule has 1 heterocycles. The number of esters is 1. The molecule has 0 bridgehead atoms. The number of carbonyl (C=O) groups is 2. The molecular weight excluding hydrogens is 498 g/mol. The third-order valence-electron chi connectivity index (χ3n) is 6.70. The Morgan fingerprint density at radius 2 is 1.27 bits per heavy atom. The van der Waals surface area contributed by atoms with Crippen molar-refractivity contribution in [1.82, 2.24) is 4.98 Å². The van der Waals surface area contributed by atoms with Gasteiger partial charge in [0.15, 0.2) is 5.78 Å². The first kappa shape index (κ1) is 25.0. The molecule has 0 spiro atoms. The molecular formula is C35H25NO4. The minimum atomic E-state index is -0.469. The highest BCUT2D eigenvalue weighted by molar-refractivity contribution is 6.15. The zero-order valence-electron chi connectivity index (χ0n) is 21.6. The molecule has 0 saturated heterocycles. The summed E-state index contributed by atoms with van der Waals surface area (Å²) < 4.78 is 11.5. The van der Waals surface area contributed by atoms with Gasteiger partial charge in [0.25, 0.3) is 0 Å². The van der Waals surface area contributed by atoms with Gasteiger partial charge in [-0.1, -0.05) is 91.0 Å². The van der Waals surface area contributed by atoms with E-state index in [0.29, 0.717) is 45.3 Å². The van der Waals surface area contributed by atoms with Crippen LogP contribution in [0.2, 0.25) is 0 Å². The van der Waals surface area contributed by atoms with E-state index in [9.17, 15) is 9.59 Å². The van der Waals surface area contributed by atoms with E-state index in [1.54, 1.807) is 30.3 Å². The van der Waals surface area contributed by atoms with Gasteiger partial charge in [-0.2, -0.15) is 0 Å². The molecule has 0 fully saturated rings. The van der Waals surface area contributed by atoms with Crippen molar-refractivity contribution in [3.63, 3.8) is 0 Å². The zero-order valence-corrected chi connectivity index (χ0v) is 21.6. The van der Waals surface area contributed by atoms with Gasteiger partial charge in [-0.3, -0.25) is 4.79 Å². The van der Waals surface area contributed by atoms with Crippen LogP contribution in [0.25, 0.3) is 21.8 Å². The summed E-state index contributed by atoms with van der Waals surface area (Å²) in [7, 11) is 0. The molecule has 194 valence electrons. The molecule has 6 aromatic rings. The molecule has 5 heteroatoms. The second kappa shape index (κ2) is 11.2. The highest BCUT2D eigenvalue weighted by Crippen LogP contribution is 2.28. The number of pyridine rings is 1. The van der Waals surface area contributed by atoms with Crippen LogP contribution in [0.1, 0.15) is 31.8 Å². The number of fused-ring (bicyclic) bond motifs is 2. The Bertz CT molecular complexity index is 1810. The molecule has 0 aliphatic heterocycles. The molecule has 40 heavy (non-hydrogen) atoms. The summed E-state index contributed by atoms with van der Waals surface area (Å²) in [5.41, 5.74) is 4.16. The lowest BCUT2D eigenvalue weighted by atomic mass is 9.98. The molecule has 0 aliphatic rings. The smallest absolute Gasteiger partial charge is 0.344 e. The Morgan fingerprint density at radius 1 is 0.600 bits per heavy atom. The summed E-state index contributed by atoms with van der Waals surface area (Å²) in [6.45, 7) is 0.485. The molecule has 0 radical (unpaired) electrons. The number of Topliss-reactive ketones (excluding diaryl/α,β-unsaturated/α-hetero) is 1. The summed E-state index contributed by atoms with van der Waals surface area (Å²) >= 11 is 0. The number of carbonyl (C=O) groups excluding carboxylic acids is 2. The molecule has 0 atom stereocenters. The fourth-order valence-electron chi connectivity index (χ4n) is 4.66. The standard InChI is InChI=1S/C35H25NO4/c37-33(21-24-15-18-27(19-16-24)39-23-25-9-3-1-4-10-25)26-17-20-30-32(22-26)36-31-14-8-7-13-29(31)34(30)35(38)40-28-11-5-2-6-12-28/h1-20,22H,21,23H2. The van der Waals surface area contributed by atoms with E-state index >= 15 is 0 Å². The molecule has 0 unspecified atom stereocenters. The van der Waals surface area contributed by atoms with Gasteiger partial charge in [-0.25, -0.2) is 9.78 Å².